The molecule has 0 fully saturated rings. The molecule has 4 rings (SSSR count). The first-order chi connectivity index (χ1) is 14.4. The highest BCUT2D eigenvalue weighted by atomic mass is 31.0. The van der Waals surface area contributed by atoms with Gasteiger partial charge in [0.1, 0.15) is 41.7 Å². The van der Waals surface area contributed by atoms with Crippen molar-refractivity contribution >= 4 is 9.39 Å². The second-order valence-electron chi connectivity index (χ2n) is 8.34. The van der Waals surface area contributed by atoms with Crippen LogP contribution in [0.5, 0.6) is 11.5 Å². The van der Waals surface area contributed by atoms with Crippen LogP contribution in [0.1, 0.15) is 29.5 Å². The third kappa shape index (κ3) is 4.94. The van der Waals surface area contributed by atoms with Crippen LogP contribution in [0, 0.1) is 12.7 Å². The number of rotatable bonds is 6. The molecule has 0 radical (unpaired) electrons. The molecule has 2 N–H and O–H groups in total. The molecule has 2 aromatic rings. The molecule has 0 spiro atoms. The normalized spacial score (nSPS) is 22.5. The first-order valence-corrected chi connectivity index (χ1v) is 11.0. The Hall–Kier alpha value is -1.72. The molecular weight excluding hydrogens is 404 g/mol. The second kappa shape index (κ2) is 9.19. The number of benzene rings is 2. The summed E-state index contributed by atoms with van der Waals surface area (Å²) < 4.78 is 27.1. The van der Waals surface area contributed by atoms with Gasteiger partial charge in [-0.3, -0.25) is 4.67 Å². The van der Waals surface area contributed by atoms with Crippen LogP contribution in [-0.2, 0) is 12.8 Å². The molecule has 0 aromatic heterocycles. The van der Waals surface area contributed by atoms with E-state index in [4.69, 9.17) is 9.47 Å². The van der Waals surface area contributed by atoms with Gasteiger partial charge < -0.3 is 19.7 Å². The molecular formula is C23H29FNO4P. The summed E-state index contributed by atoms with van der Waals surface area (Å²) in [5.41, 5.74) is 3.23. The minimum absolute atomic E-state index is 0.270. The Morgan fingerprint density at radius 1 is 0.967 bits per heavy atom. The van der Waals surface area contributed by atoms with Gasteiger partial charge in [0.25, 0.3) is 0 Å². The maximum absolute atomic E-state index is 13.3. The van der Waals surface area contributed by atoms with Gasteiger partial charge in [-0.2, -0.15) is 0 Å². The molecule has 5 atom stereocenters. The molecule has 0 saturated heterocycles. The average molecular weight is 433 g/mol. The molecule has 0 amide bonds. The molecule has 162 valence electrons. The molecule has 0 saturated carbocycles. The third-order valence-electron chi connectivity index (χ3n) is 5.89. The van der Waals surface area contributed by atoms with E-state index < -0.39 is 12.2 Å². The molecule has 2 aliphatic rings. The van der Waals surface area contributed by atoms with Crippen molar-refractivity contribution in [2.45, 2.75) is 57.0 Å². The molecule has 0 aliphatic carbocycles. The molecule has 2 heterocycles. The number of hydrogen-bond acceptors (Lipinski definition) is 5. The predicted octanol–water partition coefficient (Wildman–Crippen LogP) is 3.04. The second-order valence-corrected chi connectivity index (χ2v) is 9.07. The SMILES string of the molecule is Cc1ccc2c(c1)CC[C@@H]([C@H](O)CN(P)C[C@@H](O)[C@H]1CCc3cc(F)ccc3O1)O2. The van der Waals surface area contributed by atoms with E-state index in [1.165, 1.54) is 23.3 Å². The summed E-state index contributed by atoms with van der Waals surface area (Å²) in [6.07, 6.45) is 0.927. The number of fused-ring (bicyclic) bond motifs is 2. The molecule has 0 bridgehead atoms. The first kappa shape index (κ1) is 21.5. The Kier molecular flexibility index (Phi) is 6.59. The van der Waals surface area contributed by atoms with Crippen molar-refractivity contribution in [3.05, 3.63) is 58.9 Å². The summed E-state index contributed by atoms with van der Waals surface area (Å²) in [6, 6.07) is 10.6. The van der Waals surface area contributed by atoms with Gasteiger partial charge in [0, 0.05) is 13.1 Å². The zero-order valence-electron chi connectivity index (χ0n) is 17.1. The van der Waals surface area contributed by atoms with Crippen molar-refractivity contribution in [3.8, 4) is 11.5 Å². The number of hydrogen-bond donors (Lipinski definition) is 2. The monoisotopic (exact) mass is 433 g/mol. The maximum Gasteiger partial charge on any atom is 0.126 e. The topological polar surface area (TPSA) is 62.2 Å². The molecule has 2 aromatic carbocycles. The molecule has 7 heteroatoms. The summed E-state index contributed by atoms with van der Waals surface area (Å²) >= 11 is 0. The lowest BCUT2D eigenvalue weighted by Crippen LogP contribution is -2.45. The van der Waals surface area contributed by atoms with Gasteiger partial charge in [-0.1, -0.05) is 27.1 Å². The fourth-order valence-corrected chi connectivity index (χ4v) is 4.68. The molecule has 30 heavy (non-hydrogen) atoms. The fraction of sp³-hybridized carbons (Fsp3) is 0.478. The summed E-state index contributed by atoms with van der Waals surface area (Å²) in [7, 11) is 2.57. The number of ether oxygens (including phenoxy) is 2. The van der Waals surface area contributed by atoms with Crippen LogP contribution in [0.25, 0.3) is 0 Å². The van der Waals surface area contributed by atoms with Crippen molar-refractivity contribution in [2.24, 2.45) is 0 Å². The van der Waals surface area contributed by atoms with E-state index in [0.717, 1.165) is 24.2 Å². The number of aliphatic hydroxyl groups is 2. The predicted molar refractivity (Wildman–Crippen MR) is 116 cm³/mol. The van der Waals surface area contributed by atoms with Crippen molar-refractivity contribution in [1.29, 1.82) is 0 Å². The molecule has 5 nitrogen and oxygen atoms in total. The van der Waals surface area contributed by atoms with Crippen LogP contribution in [0.2, 0.25) is 0 Å². The van der Waals surface area contributed by atoms with E-state index in [1.807, 2.05) is 16.8 Å². The van der Waals surface area contributed by atoms with E-state index >= 15 is 0 Å². The van der Waals surface area contributed by atoms with Crippen LogP contribution < -0.4 is 9.47 Å². The zero-order chi connectivity index (χ0) is 21.3. The highest BCUT2D eigenvalue weighted by Gasteiger charge is 2.30. The fourth-order valence-electron chi connectivity index (χ4n) is 4.25. The number of halogens is 1. The van der Waals surface area contributed by atoms with Gasteiger partial charge in [0.05, 0.1) is 0 Å². The van der Waals surface area contributed by atoms with Gasteiger partial charge in [-0.15, -0.1) is 0 Å². The number of nitrogens with zero attached hydrogens (tertiary/aromatic N) is 1. The van der Waals surface area contributed by atoms with Gasteiger partial charge in [-0.05, 0) is 68.0 Å². The van der Waals surface area contributed by atoms with Crippen LogP contribution in [-0.4, -0.2) is 52.4 Å². The number of aryl methyl sites for hydroxylation is 3. The Bertz CT molecular complexity index is 824. The van der Waals surface area contributed by atoms with Crippen molar-refractivity contribution in [3.63, 3.8) is 0 Å². The van der Waals surface area contributed by atoms with Gasteiger partial charge >= 0.3 is 0 Å². The van der Waals surface area contributed by atoms with E-state index in [1.54, 1.807) is 6.07 Å². The van der Waals surface area contributed by atoms with Crippen molar-refractivity contribution in [2.75, 3.05) is 13.1 Å². The zero-order valence-corrected chi connectivity index (χ0v) is 18.3. The third-order valence-corrected chi connectivity index (χ3v) is 6.31. The first-order valence-electron chi connectivity index (χ1n) is 10.5. The minimum atomic E-state index is -0.719. The minimum Gasteiger partial charge on any atom is -0.487 e. The molecule has 2 aliphatic heterocycles. The lowest BCUT2D eigenvalue weighted by Gasteiger charge is -2.34. The Balaban J connectivity index is 1.28. The smallest absolute Gasteiger partial charge is 0.126 e. The Morgan fingerprint density at radius 2 is 1.50 bits per heavy atom. The highest BCUT2D eigenvalue weighted by molar-refractivity contribution is 7.13. The van der Waals surface area contributed by atoms with Crippen molar-refractivity contribution in [1.82, 2.24) is 4.67 Å². The van der Waals surface area contributed by atoms with E-state index in [-0.39, 0.29) is 18.0 Å². The van der Waals surface area contributed by atoms with Gasteiger partial charge in [-0.25, -0.2) is 4.39 Å². The summed E-state index contributed by atoms with van der Waals surface area (Å²) in [6.45, 7) is 2.76. The van der Waals surface area contributed by atoms with Gasteiger partial charge in [0.15, 0.2) is 0 Å². The number of aliphatic hydroxyl groups excluding tert-OH is 2. The summed E-state index contributed by atoms with van der Waals surface area (Å²) in [4.78, 5) is 0. The van der Waals surface area contributed by atoms with Crippen molar-refractivity contribution < 1.29 is 24.1 Å². The van der Waals surface area contributed by atoms with E-state index in [9.17, 15) is 14.6 Å². The standard InChI is InChI=1S/C23H29FNO4P/c1-14-2-6-20-15(10-14)3-7-22(28-20)18(26)12-25(30)13-19(27)23-8-4-16-11-17(24)5-9-21(16)29-23/h2,5-6,9-11,18-19,22-23,26-27H,3-4,7-8,12-13,30H2,1H3/t18-,19-,22+,23-/m1/s1. The highest BCUT2D eigenvalue weighted by Crippen LogP contribution is 2.31. The maximum atomic E-state index is 13.3. The lowest BCUT2D eigenvalue weighted by molar-refractivity contribution is -0.00755. The van der Waals surface area contributed by atoms with Crippen LogP contribution >= 0.6 is 9.39 Å². The summed E-state index contributed by atoms with van der Waals surface area (Å²) in [5, 5.41) is 21.3. The largest absolute Gasteiger partial charge is 0.487 e. The van der Waals surface area contributed by atoms with Crippen LogP contribution in [0.15, 0.2) is 36.4 Å². The quantitative estimate of drug-likeness (QED) is 0.686. The van der Waals surface area contributed by atoms with E-state index in [0.29, 0.717) is 31.7 Å². The van der Waals surface area contributed by atoms with Gasteiger partial charge in [0.2, 0.25) is 0 Å². The average Bonchev–Trinajstić information content (AvgIpc) is 2.72. The Morgan fingerprint density at radius 3 is 2.10 bits per heavy atom. The Labute approximate surface area is 179 Å². The summed E-state index contributed by atoms with van der Waals surface area (Å²) in [5.74, 6) is 1.20. The lowest BCUT2D eigenvalue weighted by atomic mass is 9.97. The van der Waals surface area contributed by atoms with Crippen LogP contribution in [0.4, 0.5) is 4.39 Å². The van der Waals surface area contributed by atoms with Crippen LogP contribution in [0.3, 0.4) is 0 Å². The molecule has 1 unspecified atom stereocenters. The van der Waals surface area contributed by atoms with E-state index in [2.05, 4.69) is 22.4 Å².